The second-order valence-electron chi connectivity index (χ2n) is 6.16. The lowest BCUT2D eigenvalue weighted by molar-refractivity contribution is 0.0956. The third-order valence-electron chi connectivity index (χ3n) is 4.12. The third-order valence-corrected chi connectivity index (χ3v) is 4.37. The van der Waals surface area contributed by atoms with Gasteiger partial charge in [0.2, 0.25) is 0 Å². The second kappa shape index (κ2) is 8.52. The van der Waals surface area contributed by atoms with E-state index < -0.39 is 0 Å². The van der Waals surface area contributed by atoms with Gasteiger partial charge in [0.1, 0.15) is 0 Å². The third kappa shape index (κ3) is 4.96. The summed E-state index contributed by atoms with van der Waals surface area (Å²) in [4.78, 5) is 12.1. The predicted molar refractivity (Wildman–Crippen MR) is 112 cm³/mol. The molecule has 0 spiro atoms. The molecule has 0 aliphatic carbocycles. The summed E-state index contributed by atoms with van der Waals surface area (Å²) in [6.45, 7) is 6.10. The van der Waals surface area contributed by atoms with Crippen LogP contribution in [0.4, 0.5) is 0 Å². The lowest BCUT2D eigenvalue weighted by atomic mass is 10.0. The fourth-order valence-electron chi connectivity index (χ4n) is 2.57. The minimum atomic E-state index is -0.190. The Morgan fingerprint density at radius 3 is 2.41 bits per heavy atom. The Bertz CT molecular complexity index is 1010. The first-order valence-electron chi connectivity index (χ1n) is 8.54. The van der Waals surface area contributed by atoms with Crippen LogP contribution < -0.4 is 10.7 Å². The summed E-state index contributed by atoms with van der Waals surface area (Å²) in [6, 6.07) is 21.1. The Labute approximate surface area is 163 Å². The maximum absolute atomic E-state index is 12.1. The van der Waals surface area contributed by atoms with Crippen LogP contribution in [0, 0.1) is 0 Å². The van der Waals surface area contributed by atoms with Crippen LogP contribution in [0.2, 0.25) is 5.02 Å². The summed E-state index contributed by atoms with van der Waals surface area (Å²) < 4.78 is 0. The van der Waals surface area contributed by atoms with Gasteiger partial charge in [0.25, 0.3) is 5.91 Å². The molecule has 0 saturated carbocycles. The Hall–Kier alpha value is -3.11. The van der Waals surface area contributed by atoms with Crippen LogP contribution in [0.25, 0.3) is 10.8 Å². The number of carbonyl (C=O) groups excluding carboxylic acids is 1. The van der Waals surface area contributed by atoms with Crippen molar-refractivity contribution in [3.05, 3.63) is 95.2 Å². The maximum atomic E-state index is 12.1. The highest BCUT2D eigenvalue weighted by molar-refractivity contribution is 6.30. The van der Waals surface area contributed by atoms with Gasteiger partial charge >= 0.3 is 0 Å². The zero-order valence-corrected chi connectivity index (χ0v) is 15.8. The van der Waals surface area contributed by atoms with Gasteiger partial charge in [-0.2, -0.15) is 5.10 Å². The van der Waals surface area contributed by atoms with E-state index in [-0.39, 0.29) is 12.5 Å². The zero-order valence-electron chi connectivity index (χ0n) is 15.0. The van der Waals surface area contributed by atoms with E-state index in [2.05, 4.69) is 46.7 Å². The number of rotatable bonds is 6. The fraction of sp³-hybridized carbons (Fsp3) is 0.0909. The molecule has 5 heteroatoms. The van der Waals surface area contributed by atoms with Crippen LogP contribution in [0.5, 0.6) is 0 Å². The highest BCUT2D eigenvalue weighted by atomic mass is 35.5. The van der Waals surface area contributed by atoms with E-state index in [9.17, 15) is 4.79 Å². The lowest BCUT2D eigenvalue weighted by Gasteiger charge is -2.09. The van der Waals surface area contributed by atoms with Crippen molar-refractivity contribution in [1.82, 2.24) is 10.7 Å². The van der Waals surface area contributed by atoms with Crippen molar-refractivity contribution in [2.45, 2.75) is 6.92 Å². The Kier molecular flexibility index (Phi) is 5.89. The molecule has 2 N–H and O–H groups in total. The Morgan fingerprint density at radius 1 is 1.00 bits per heavy atom. The van der Waals surface area contributed by atoms with Crippen LogP contribution in [-0.4, -0.2) is 18.2 Å². The van der Waals surface area contributed by atoms with Gasteiger partial charge in [0.15, 0.2) is 0 Å². The van der Waals surface area contributed by atoms with Crippen molar-refractivity contribution in [3.63, 3.8) is 0 Å². The van der Waals surface area contributed by atoms with Gasteiger partial charge in [0, 0.05) is 16.3 Å². The average molecular weight is 378 g/mol. The van der Waals surface area contributed by atoms with Crippen LogP contribution in [0.1, 0.15) is 22.8 Å². The van der Waals surface area contributed by atoms with Crippen molar-refractivity contribution in [1.29, 1.82) is 0 Å². The lowest BCUT2D eigenvalue weighted by Crippen LogP contribution is -2.28. The summed E-state index contributed by atoms with van der Waals surface area (Å²) >= 11 is 5.83. The molecule has 0 unspecified atom stereocenters. The second-order valence-corrected chi connectivity index (χ2v) is 6.60. The van der Waals surface area contributed by atoms with Gasteiger partial charge < -0.3 is 5.32 Å². The van der Waals surface area contributed by atoms with E-state index in [4.69, 9.17) is 11.6 Å². The molecule has 0 fully saturated rings. The molecular weight excluding hydrogens is 358 g/mol. The Morgan fingerprint density at radius 2 is 1.67 bits per heavy atom. The smallest absolute Gasteiger partial charge is 0.251 e. The molecule has 136 valence electrons. The van der Waals surface area contributed by atoms with Crippen molar-refractivity contribution >= 4 is 34.0 Å². The van der Waals surface area contributed by atoms with Crippen molar-refractivity contribution in [2.75, 3.05) is 6.54 Å². The highest BCUT2D eigenvalue weighted by Gasteiger charge is 2.05. The number of hydrazone groups is 1. The van der Waals surface area contributed by atoms with Crippen LogP contribution >= 0.6 is 11.6 Å². The van der Waals surface area contributed by atoms with E-state index >= 15 is 0 Å². The molecule has 0 radical (unpaired) electrons. The first kappa shape index (κ1) is 18.7. The van der Waals surface area contributed by atoms with Gasteiger partial charge in [-0.15, -0.1) is 0 Å². The van der Waals surface area contributed by atoms with Gasteiger partial charge in [-0.05, 0) is 53.6 Å². The molecule has 0 atom stereocenters. The fourth-order valence-corrected chi connectivity index (χ4v) is 2.70. The summed E-state index contributed by atoms with van der Waals surface area (Å²) in [5.74, 6) is -0.190. The Balaban J connectivity index is 1.56. The van der Waals surface area contributed by atoms with Gasteiger partial charge in [-0.3, -0.25) is 10.2 Å². The highest BCUT2D eigenvalue weighted by Crippen LogP contribution is 2.16. The normalized spacial score (nSPS) is 11.3. The van der Waals surface area contributed by atoms with Gasteiger partial charge in [-0.1, -0.05) is 54.6 Å². The zero-order chi connectivity index (χ0) is 19.2. The number of nitrogens with zero attached hydrogens (tertiary/aromatic N) is 1. The van der Waals surface area contributed by atoms with Crippen molar-refractivity contribution in [2.24, 2.45) is 5.10 Å². The number of amides is 1. The number of fused-ring (bicyclic) bond motifs is 1. The van der Waals surface area contributed by atoms with E-state index in [1.165, 1.54) is 10.8 Å². The molecule has 27 heavy (non-hydrogen) atoms. The monoisotopic (exact) mass is 377 g/mol. The number of nitrogens with one attached hydrogen (secondary N) is 2. The maximum Gasteiger partial charge on any atom is 0.251 e. The molecule has 0 aromatic heterocycles. The predicted octanol–water partition coefficient (Wildman–Crippen LogP) is 4.75. The van der Waals surface area contributed by atoms with Crippen LogP contribution in [-0.2, 0) is 0 Å². The molecule has 0 bridgehead atoms. The molecule has 0 heterocycles. The van der Waals surface area contributed by atoms with Crippen LogP contribution in [0.15, 0.2) is 84.1 Å². The summed E-state index contributed by atoms with van der Waals surface area (Å²) in [5.41, 5.74) is 5.91. The molecule has 0 aliphatic heterocycles. The van der Waals surface area contributed by atoms with E-state index in [0.717, 1.165) is 11.3 Å². The quantitative estimate of drug-likeness (QED) is 0.481. The number of benzene rings is 3. The molecule has 0 aliphatic rings. The summed E-state index contributed by atoms with van der Waals surface area (Å²) in [6.07, 6.45) is 0. The molecular formula is C22H20ClN3O. The SMILES string of the molecule is C=C(CNC(=O)c1ccc(Cl)cc1)N/N=C(\C)c1ccc2ccccc2c1. The molecule has 3 rings (SSSR count). The molecule has 0 saturated heterocycles. The average Bonchev–Trinajstić information content (AvgIpc) is 2.70. The van der Waals surface area contributed by atoms with Crippen LogP contribution in [0.3, 0.4) is 0 Å². The van der Waals surface area contributed by atoms with Gasteiger partial charge in [-0.25, -0.2) is 0 Å². The number of halogens is 1. The minimum Gasteiger partial charge on any atom is -0.346 e. The molecule has 4 nitrogen and oxygen atoms in total. The van der Waals surface area contributed by atoms with Crippen molar-refractivity contribution in [3.8, 4) is 0 Å². The first-order valence-corrected chi connectivity index (χ1v) is 8.92. The standard InChI is InChI=1S/C22H20ClN3O/c1-15(14-24-22(27)18-9-11-21(23)12-10-18)25-26-16(2)19-8-7-17-5-3-4-6-20(17)13-19/h3-13,25H,1,14H2,2H3,(H,24,27)/b26-16+. The number of carbonyl (C=O) groups is 1. The largest absolute Gasteiger partial charge is 0.346 e. The van der Waals surface area contributed by atoms with E-state index in [0.29, 0.717) is 16.3 Å². The summed E-state index contributed by atoms with van der Waals surface area (Å²) in [7, 11) is 0. The molecule has 3 aromatic carbocycles. The number of hydrogen-bond donors (Lipinski definition) is 2. The van der Waals surface area contributed by atoms with E-state index in [1.54, 1.807) is 24.3 Å². The van der Waals surface area contributed by atoms with Crippen molar-refractivity contribution < 1.29 is 4.79 Å². The first-order chi connectivity index (χ1) is 13.0. The summed E-state index contributed by atoms with van der Waals surface area (Å²) in [5, 5.41) is 10.1. The molecule has 1 amide bonds. The minimum absolute atomic E-state index is 0.190. The number of hydrogen-bond acceptors (Lipinski definition) is 3. The van der Waals surface area contributed by atoms with Gasteiger partial charge in [0.05, 0.1) is 12.3 Å². The molecule has 3 aromatic rings. The van der Waals surface area contributed by atoms with E-state index in [1.807, 2.05) is 25.1 Å². The topological polar surface area (TPSA) is 53.5 Å².